The van der Waals surface area contributed by atoms with Crippen LogP contribution in [-0.4, -0.2) is 17.1 Å². The zero-order valence-corrected chi connectivity index (χ0v) is 21.7. The number of thiophene rings is 1. The molecule has 0 aliphatic carbocycles. The van der Waals surface area contributed by atoms with Gasteiger partial charge in [-0.05, 0) is 55.6 Å². The normalized spacial score (nSPS) is 15.8. The Bertz CT molecular complexity index is 1640. The number of furan rings is 1. The van der Waals surface area contributed by atoms with Gasteiger partial charge in [0.2, 0.25) is 0 Å². The van der Waals surface area contributed by atoms with E-state index < -0.39 is 12.0 Å². The number of benzene rings is 1. The van der Waals surface area contributed by atoms with Crippen LogP contribution in [0.2, 0.25) is 10.0 Å². The molecule has 0 saturated carbocycles. The highest BCUT2D eigenvalue weighted by Gasteiger charge is 2.33. The molecule has 3 aromatic heterocycles. The molecule has 1 aliphatic rings. The summed E-state index contributed by atoms with van der Waals surface area (Å²) >= 11 is 15.1. The number of allylic oxidation sites excluding steroid dienone is 1. The summed E-state index contributed by atoms with van der Waals surface area (Å²) in [5, 5.41) is 2.96. The van der Waals surface area contributed by atoms with Gasteiger partial charge in [0, 0.05) is 21.5 Å². The Morgan fingerprint density at radius 2 is 2.09 bits per heavy atom. The maximum Gasteiger partial charge on any atom is 0.338 e. The van der Waals surface area contributed by atoms with E-state index in [1.54, 1.807) is 54.8 Å². The second kappa shape index (κ2) is 9.62. The topological polar surface area (TPSA) is 73.8 Å². The highest BCUT2D eigenvalue weighted by molar-refractivity contribution is 7.10. The number of rotatable bonds is 5. The summed E-state index contributed by atoms with van der Waals surface area (Å²) in [5.41, 5.74) is 1.29. The van der Waals surface area contributed by atoms with Gasteiger partial charge >= 0.3 is 5.97 Å². The molecule has 1 atom stereocenters. The number of hydrogen-bond donors (Lipinski definition) is 0. The van der Waals surface area contributed by atoms with E-state index in [1.807, 2.05) is 17.5 Å². The van der Waals surface area contributed by atoms with Gasteiger partial charge < -0.3 is 9.15 Å². The summed E-state index contributed by atoms with van der Waals surface area (Å²) in [7, 11) is 0. The fourth-order valence-electron chi connectivity index (χ4n) is 3.90. The van der Waals surface area contributed by atoms with Crippen LogP contribution in [0.4, 0.5) is 0 Å². The number of carbonyl (C=O) groups excluding carboxylic acids is 1. The number of fused-ring (bicyclic) bond motifs is 1. The average molecular weight is 545 g/mol. The molecule has 1 aromatic carbocycles. The van der Waals surface area contributed by atoms with Gasteiger partial charge in [-0.1, -0.05) is 40.6 Å². The molecule has 4 heterocycles. The predicted molar refractivity (Wildman–Crippen MR) is 139 cm³/mol. The van der Waals surface area contributed by atoms with Crippen molar-refractivity contribution in [2.24, 2.45) is 4.99 Å². The number of carbonyl (C=O) groups is 1. The van der Waals surface area contributed by atoms with Crippen LogP contribution in [0.5, 0.6) is 0 Å². The first-order chi connectivity index (χ1) is 16.9. The lowest BCUT2D eigenvalue weighted by molar-refractivity contribution is -0.139. The van der Waals surface area contributed by atoms with E-state index in [2.05, 4.69) is 4.99 Å². The molecular formula is C25H18Cl2N2O4S2. The van der Waals surface area contributed by atoms with E-state index >= 15 is 0 Å². The summed E-state index contributed by atoms with van der Waals surface area (Å²) in [6.45, 7) is 3.74. The smallest absolute Gasteiger partial charge is 0.338 e. The van der Waals surface area contributed by atoms with Crippen molar-refractivity contribution in [3.05, 3.63) is 99.5 Å². The highest BCUT2D eigenvalue weighted by Crippen LogP contribution is 2.34. The lowest BCUT2D eigenvalue weighted by Crippen LogP contribution is -2.39. The van der Waals surface area contributed by atoms with Crippen molar-refractivity contribution >= 4 is 57.9 Å². The molecule has 0 amide bonds. The van der Waals surface area contributed by atoms with Crippen LogP contribution in [-0.2, 0) is 9.53 Å². The minimum absolute atomic E-state index is 0.231. The first kappa shape index (κ1) is 23.8. The molecule has 1 unspecified atom stereocenters. The van der Waals surface area contributed by atoms with Gasteiger partial charge in [0.1, 0.15) is 17.6 Å². The largest absolute Gasteiger partial charge is 0.463 e. The summed E-state index contributed by atoms with van der Waals surface area (Å²) < 4.78 is 13.2. The third-order valence-electron chi connectivity index (χ3n) is 5.42. The highest BCUT2D eigenvalue weighted by atomic mass is 35.5. The minimum Gasteiger partial charge on any atom is -0.463 e. The number of esters is 1. The molecule has 1 aliphatic heterocycles. The molecule has 0 N–H and O–H groups in total. The molecule has 4 aromatic rings. The van der Waals surface area contributed by atoms with E-state index in [9.17, 15) is 9.59 Å². The second-order valence-corrected chi connectivity index (χ2v) is 10.5. The van der Waals surface area contributed by atoms with Crippen LogP contribution >= 0.6 is 45.9 Å². The zero-order chi connectivity index (χ0) is 24.7. The molecule has 178 valence electrons. The maximum atomic E-state index is 13.6. The molecule has 6 nitrogen and oxygen atoms in total. The fourth-order valence-corrected chi connectivity index (χ4v) is 6.13. The van der Waals surface area contributed by atoms with Gasteiger partial charge in [-0.25, -0.2) is 9.79 Å². The number of thiazole rings is 1. The predicted octanol–water partition coefficient (Wildman–Crippen LogP) is 5.43. The van der Waals surface area contributed by atoms with Crippen molar-refractivity contribution < 1.29 is 13.9 Å². The Balaban J connectivity index is 1.62. The molecule has 0 fully saturated rings. The van der Waals surface area contributed by atoms with Crippen LogP contribution in [0, 0.1) is 0 Å². The molecule has 35 heavy (non-hydrogen) atoms. The van der Waals surface area contributed by atoms with Gasteiger partial charge in [0.05, 0.1) is 27.4 Å². The Morgan fingerprint density at radius 1 is 1.26 bits per heavy atom. The monoisotopic (exact) mass is 544 g/mol. The quantitative estimate of drug-likeness (QED) is 0.314. The van der Waals surface area contributed by atoms with Crippen molar-refractivity contribution in [2.75, 3.05) is 6.61 Å². The Hall–Kier alpha value is -2.91. The average Bonchev–Trinajstić information content (AvgIpc) is 3.57. The minimum atomic E-state index is -0.607. The third-order valence-corrected chi connectivity index (χ3v) is 7.90. The number of hydrogen-bond acceptors (Lipinski definition) is 7. The van der Waals surface area contributed by atoms with E-state index in [0.29, 0.717) is 47.7 Å². The van der Waals surface area contributed by atoms with Crippen molar-refractivity contribution in [1.29, 1.82) is 0 Å². The Morgan fingerprint density at radius 3 is 2.83 bits per heavy atom. The lowest BCUT2D eigenvalue weighted by atomic mass is 10.0. The Kier molecular flexibility index (Phi) is 6.55. The van der Waals surface area contributed by atoms with Gasteiger partial charge in [-0.15, -0.1) is 11.3 Å². The fraction of sp³-hybridized carbons (Fsp3) is 0.160. The number of halogens is 2. The van der Waals surface area contributed by atoms with Crippen molar-refractivity contribution in [1.82, 2.24) is 4.57 Å². The first-order valence-corrected chi connectivity index (χ1v) is 13.1. The summed E-state index contributed by atoms with van der Waals surface area (Å²) in [5.74, 6) is 0.541. The number of nitrogens with zero attached hydrogens (tertiary/aromatic N) is 2. The van der Waals surface area contributed by atoms with Crippen LogP contribution in [0.15, 0.2) is 73.3 Å². The zero-order valence-electron chi connectivity index (χ0n) is 18.6. The molecular weight excluding hydrogens is 527 g/mol. The van der Waals surface area contributed by atoms with E-state index in [4.69, 9.17) is 32.4 Å². The van der Waals surface area contributed by atoms with Gasteiger partial charge in [-0.2, -0.15) is 0 Å². The van der Waals surface area contributed by atoms with E-state index in [1.165, 1.54) is 22.7 Å². The van der Waals surface area contributed by atoms with Crippen LogP contribution < -0.4 is 14.9 Å². The molecule has 10 heteroatoms. The van der Waals surface area contributed by atoms with Crippen molar-refractivity contribution in [2.45, 2.75) is 19.9 Å². The van der Waals surface area contributed by atoms with Crippen LogP contribution in [0.25, 0.3) is 17.4 Å². The van der Waals surface area contributed by atoms with E-state index in [0.717, 1.165) is 4.88 Å². The molecule has 0 spiro atoms. The van der Waals surface area contributed by atoms with Crippen LogP contribution in [0.3, 0.4) is 0 Å². The number of ether oxygens (including phenoxy) is 1. The van der Waals surface area contributed by atoms with Crippen molar-refractivity contribution in [3.63, 3.8) is 0 Å². The number of aromatic nitrogens is 1. The van der Waals surface area contributed by atoms with Gasteiger partial charge in [0.25, 0.3) is 5.56 Å². The second-order valence-electron chi connectivity index (χ2n) is 7.64. The maximum absolute atomic E-state index is 13.6. The standard InChI is InChI=1S/C25H18Cl2N2O4S2/c1-3-32-24(31)21-13(2)28-25-29(22(21)19-5-4-10-34-19)23(30)20(35-25)12-15-7-9-18(33-15)16-11-14(26)6-8-17(16)27/h4-12,22H,3H2,1-2H3/b20-12+. The molecule has 5 rings (SSSR count). The molecule has 0 radical (unpaired) electrons. The summed E-state index contributed by atoms with van der Waals surface area (Å²) in [6, 6.07) is 11.8. The summed E-state index contributed by atoms with van der Waals surface area (Å²) in [4.78, 5) is 32.3. The van der Waals surface area contributed by atoms with Gasteiger partial charge in [-0.3, -0.25) is 9.36 Å². The van der Waals surface area contributed by atoms with Gasteiger partial charge in [0.15, 0.2) is 4.80 Å². The summed E-state index contributed by atoms with van der Waals surface area (Å²) in [6.07, 6.45) is 1.67. The molecule has 0 bridgehead atoms. The first-order valence-electron chi connectivity index (χ1n) is 10.7. The van der Waals surface area contributed by atoms with Crippen LogP contribution in [0.1, 0.15) is 30.5 Å². The van der Waals surface area contributed by atoms with Crippen molar-refractivity contribution in [3.8, 4) is 11.3 Å². The Labute approximate surface area is 218 Å². The van der Waals surface area contributed by atoms with E-state index in [-0.39, 0.29) is 12.2 Å². The lowest BCUT2D eigenvalue weighted by Gasteiger charge is -2.23. The molecule has 0 saturated heterocycles. The SMILES string of the molecule is CCOC(=O)C1=C(C)N=c2s/c(=C/c3ccc(-c4cc(Cl)ccc4Cl)o3)c(=O)n2C1c1cccs1. The third kappa shape index (κ3) is 4.43.